The van der Waals surface area contributed by atoms with Gasteiger partial charge in [0.2, 0.25) is 0 Å². The highest BCUT2D eigenvalue weighted by Gasteiger charge is 2.45. The third kappa shape index (κ3) is 2.43. The largest absolute Gasteiger partial charge is 0.481 e. The Labute approximate surface area is 120 Å². The Bertz CT molecular complexity index is 563. The van der Waals surface area contributed by atoms with Crippen molar-refractivity contribution in [3.8, 4) is 0 Å². The number of nitrogens with one attached hydrogen (secondary N) is 1. The van der Waals surface area contributed by atoms with Gasteiger partial charge in [0.1, 0.15) is 10.7 Å². The van der Waals surface area contributed by atoms with E-state index < -0.39 is 16.3 Å². The smallest absolute Gasteiger partial charge is 0.311 e. The molecule has 2 atom stereocenters. The summed E-state index contributed by atoms with van der Waals surface area (Å²) in [4.78, 5) is 21.9. The number of nitrogens with zero attached hydrogens (tertiary/aromatic N) is 1. The number of carboxylic acid groups (broad SMARTS) is 1. The Morgan fingerprint density at radius 1 is 1.60 bits per heavy atom. The number of para-hydroxylation sites is 1. The number of rotatable bonds is 4. The number of halogens is 1. The summed E-state index contributed by atoms with van der Waals surface area (Å²) < 4.78 is 0. The minimum absolute atomic E-state index is 0.0371. The second-order valence-corrected chi connectivity index (χ2v) is 5.61. The van der Waals surface area contributed by atoms with Crippen LogP contribution in [0.1, 0.15) is 26.2 Å². The van der Waals surface area contributed by atoms with Crippen LogP contribution in [0.5, 0.6) is 0 Å². The molecule has 0 heterocycles. The first-order valence-corrected chi connectivity index (χ1v) is 6.67. The first-order chi connectivity index (χ1) is 9.36. The number of nitro groups is 1. The van der Waals surface area contributed by atoms with Crippen molar-refractivity contribution >= 4 is 28.9 Å². The first kappa shape index (κ1) is 14.6. The second kappa shape index (κ2) is 5.28. The Kier molecular flexibility index (Phi) is 3.85. The standard InChI is InChI=1S/C13H15ClN2O4/c1-13(12(17)18)7-3-6-10(13)15-9-5-2-4-8(14)11(9)16(19)20/h2,4-5,10,15H,3,6-7H2,1H3,(H,17,18). The summed E-state index contributed by atoms with van der Waals surface area (Å²) >= 11 is 5.85. The van der Waals surface area contributed by atoms with Crippen LogP contribution in [0.3, 0.4) is 0 Å². The lowest BCUT2D eigenvalue weighted by atomic mass is 9.85. The average molecular weight is 299 g/mol. The summed E-state index contributed by atoms with van der Waals surface area (Å²) in [6, 6.07) is 4.24. The van der Waals surface area contributed by atoms with Crippen LogP contribution < -0.4 is 5.32 Å². The zero-order chi connectivity index (χ0) is 14.9. The van der Waals surface area contributed by atoms with Crippen LogP contribution >= 0.6 is 11.6 Å². The highest BCUT2D eigenvalue weighted by molar-refractivity contribution is 6.33. The molecule has 1 aromatic carbocycles. The molecule has 7 heteroatoms. The van der Waals surface area contributed by atoms with Gasteiger partial charge in [-0.1, -0.05) is 24.1 Å². The Morgan fingerprint density at radius 2 is 2.30 bits per heavy atom. The molecule has 0 spiro atoms. The van der Waals surface area contributed by atoms with Crippen LogP contribution in [-0.4, -0.2) is 22.0 Å². The second-order valence-electron chi connectivity index (χ2n) is 5.20. The predicted octanol–water partition coefficient (Wildman–Crippen LogP) is 3.30. The van der Waals surface area contributed by atoms with Gasteiger partial charge in [-0.2, -0.15) is 0 Å². The van der Waals surface area contributed by atoms with Crippen molar-refractivity contribution in [2.45, 2.75) is 32.2 Å². The Morgan fingerprint density at radius 3 is 2.90 bits per heavy atom. The highest BCUT2D eigenvalue weighted by Crippen LogP contribution is 2.42. The third-order valence-corrected chi connectivity index (χ3v) is 4.25. The minimum atomic E-state index is -0.920. The molecule has 0 aliphatic heterocycles. The molecule has 0 amide bonds. The van der Waals surface area contributed by atoms with Crippen molar-refractivity contribution in [2.24, 2.45) is 5.41 Å². The normalized spacial score (nSPS) is 25.4. The average Bonchev–Trinajstić information content (AvgIpc) is 2.72. The van der Waals surface area contributed by atoms with E-state index in [1.54, 1.807) is 19.1 Å². The fourth-order valence-electron chi connectivity index (χ4n) is 2.66. The van der Waals surface area contributed by atoms with Gasteiger partial charge >= 0.3 is 11.7 Å². The highest BCUT2D eigenvalue weighted by atomic mass is 35.5. The predicted molar refractivity (Wildman–Crippen MR) is 75.1 cm³/mol. The summed E-state index contributed by atoms with van der Waals surface area (Å²) in [5, 5.41) is 23.5. The van der Waals surface area contributed by atoms with Gasteiger partial charge in [0, 0.05) is 6.04 Å². The van der Waals surface area contributed by atoms with Crippen LogP contribution in [0.15, 0.2) is 18.2 Å². The number of hydrogen-bond donors (Lipinski definition) is 2. The van der Waals surface area contributed by atoms with E-state index >= 15 is 0 Å². The van der Waals surface area contributed by atoms with E-state index in [-0.39, 0.29) is 22.4 Å². The monoisotopic (exact) mass is 298 g/mol. The SMILES string of the molecule is CC1(C(=O)O)CCCC1Nc1cccc(Cl)c1[N+](=O)[O-]. The maximum Gasteiger partial charge on any atom is 0.311 e. The molecule has 2 N–H and O–H groups in total. The maximum absolute atomic E-state index is 11.4. The van der Waals surface area contributed by atoms with Crippen LogP contribution in [0.2, 0.25) is 5.02 Å². The molecular formula is C13H15ClN2O4. The van der Waals surface area contributed by atoms with Gasteiger partial charge in [-0.3, -0.25) is 14.9 Å². The number of benzene rings is 1. The number of nitro benzene ring substituents is 1. The molecule has 1 saturated carbocycles. The quantitative estimate of drug-likeness (QED) is 0.657. The number of hydrogen-bond acceptors (Lipinski definition) is 4. The molecule has 0 bridgehead atoms. The summed E-state index contributed by atoms with van der Waals surface area (Å²) in [6.07, 6.45) is 1.98. The molecule has 6 nitrogen and oxygen atoms in total. The molecule has 0 aromatic heterocycles. The fourth-order valence-corrected chi connectivity index (χ4v) is 2.90. The van der Waals surface area contributed by atoms with E-state index in [2.05, 4.69) is 5.32 Å². The van der Waals surface area contributed by atoms with Gasteiger partial charge in [0.15, 0.2) is 0 Å². The molecule has 1 aliphatic rings. The van der Waals surface area contributed by atoms with E-state index in [0.717, 1.165) is 6.42 Å². The van der Waals surface area contributed by atoms with Gasteiger partial charge in [0.05, 0.1) is 10.3 Å². The van der Waals surface area contributed by atoms with Crippen LogP contribution in [0, 0.1) is 15.5 Å². The topological polar surface area (TPSA) is 92.5 Å². The van der Waals surface area contributed by atoms with E-state index in [1.165, 1.54) is 6.07 Å². The zero-order valence-corrected chi connectivity index (χ0v) is 11.7. The Balaban J connectivity index is 2.33. The number of carboxylic acids is 1. The molecule has 1 fully saturated rings. The minimum Gasteiger partial charge on any atom is -0.481 e. The lowest BCUT2D eigenvalue weighted by Gasteiger charge is -2.28. The fraction of sp³-hybridized carbons (Fsp3) is 0.462. The van der Waals surface area contributed by atoms with Crippen molar-refractivity contribution in [1.82, 2.24) is 0 Å². The number of carbonyl (C=O) groups is 1. The molecule has 0 radical (unpaired) electrons. The molecule has 1 aromatic rings. The van der Waals surface area contributed by atoms with Crippen molar-refractivity contribution in [2.75, 3.05) is 5.32 Å². The van der Waals surface area contributed by atoms with Crippen LogP contribution in [-0.2, 0) is 4.79 Å². The third-order valence-electron chi connectivity index (χ3n) is 3.95. The molecule has 1 aliphatic carbocycles. The summed E-state index contributed by atoms with van der Waals surface area (Å²) in [5.41, 5.74) is -0.869. The van der Waals surface area contributed by atoms with Gasteiger partial charge in [-0.05, 0) is 31.9 Å². The van der Waals surface area contributed by atoms with E-state index in [1.807, 2.05) is 0 Å². The molecule has 0 saturated heterocycles. The summed E-state index contributed by atoms with van der Waals surface area (Å²) in [5.74, 6) is -0.891. The van der Waals surface area contributed by atoms with Crippen molar-refractivity contribution in [3.63, 3.8) is 0 Å². The molecule has 108 valence electrons. The van der Waals surface area contributed by atoms with E-state index in [4.69, 9.17) is 11.6 Å². The molecule has 20 heavy (non-hydrogen) atoms. The van der Waals surface area contributed by atoms with Crippen LogP contribution in [0.25, 0.3) is 0 Å². The lowest BCUT2D eigenvalue weighted by molar-refractivity contribution is -0.383. The number of aliphatic carboxylic acids is 1. The van der Waals surface area contributed by atoms with Gasteiger partial charge < -0.3 is 10.4 Å². The summed E-state index contributed by atoms with van der Waals surface area (Å²) in [7, 11) is 0. The maximum atomic E-state index is 11.4. The number of anilines is 1. The Hall–Kier alpha value is -1.82. The zero-order valence-electron chi connectivity index (χ0n) is 10.9. The van der Waals surface area contributed by atoms with E-state index in [9.17, 15) is 20.0 Å². The van der Waals surface area contributed by atoms with Crippen molar-refractivity contribution in [1.29, 1.82) is 0 Å². The van der Waals surface area contributed by atoms with Gasteiger partial charge in [0.25, 0.3) is 0 Å². The molecule has 2 rings (SSSR count). The molecule has 2 unspecified atom stereocenters. The summed E-state index contributed by atoms with van der Waals surface area (Å²) in [6.45, 7) is 1.66. The van der Waals surface area contributed by atoms with Crippen LogP contribution in [0.4, 0.5) is 11.4 Å². The first-order valence-electron chi connectivity index (χ1n) is 6.29. The van der Waals surface area contributed by atoms with E-state index in [0.29, 0.717) is 12.8 Å². The van der Waals surface area contributed by atoms with Crippen molar-refractivity contribution < 1.29 is 14.8 Å². The van der Waals surface area contributed by atoms with Gasteiger partial charge in [-0.25, -0.2) is 0 Å². The van der Waals surface area contributed by atoms with Gasteiger partial charge in [-0.15, -0.1) is 0 Å². The molecular weight excluding hydrogens is 284 g/mol. The lowest BCUT2D eigenvalue weighted by Crippen LogP contribution is -2.40. The van der Waals surface area contributed by atoms with Crippen molar-refractivity contribution in [3.05, 3.63) is 33.3 Å².